The summed E-state index contributed by atoms with van der Waals surface area (Å²) in [7, 11) is -3.44. The van der Waals surface area contributed by atoms with Crippen molar-refractivity contribution in [3.05, 3.63) is 10.4 Å². The highest BCUT2D eigenvalue weighted by Crippen LogP contribution is 2.22. The number of hydrogen-bond donors (Lipinski definition) is 0. The minimum Gasteiger partial charge on any atom is -0.267 e. The number of hydrogen-bond acceptors (Lipinski definition) is 4. The van der Waals surface area contributed by atoms with Gasteiger partial charge in [-0.05, 0) is 23.8 Å². The molecule has 0 aliphatic carbocycles. The second-order valence-corrected chi connectivity index (χ2v) is 5.60. The predicted molar refractivity (Wildman–Crippen MR) is 62.3 cm³/mol. The van der Waals surface area contributed by atoms with Gasteiger partial charge in [0.1, 0.15) is 0 Å². The highest BCUT2D eigenvalue weighted by molar-refractivity contribution is 7.86. The molecule has 0 aromatic heterocycles. The normalized spacial score (nSPS) is 17.2. The monoisotopic (exact) mass is 249 g/mol. The van der Waals surface area contributed by atoms with Crippen LogP contribution in [-0.2, 0) is 14.3 Å². The molecule has 0 aromatic rings. The fourth-order valence-corrected chi connectivity index (χ4v) is 2.21. The molecule has 16 heavy (non-hydrogen) atoms. The van der Waals surface area contributed by atoms with Crippen molar-refractivity contribution in [2.75, 3.05) is 12.8 Å². The lowest BCUT2D eigenvalue weighted by atomic mass is 9.89. The lowest BCUT2D eigenvalue weighted by molar-refractivity contribution is 0.117. The van der Waals surface area contributed by atoms with E-state index in [-0.39, 0.29) is 17.9 Å². The van der Waals surface area contributed by atoms with E-state index in [0.717, 1.165) is 6.26 Å². The molecule has 0 bridgehead atoms. The van der Waals surface area contributed by atoms with Gasteiger partial charge in [0.15, 0.2) is 0 Å². The SMILES string of the molecule is CC[C@@H](OS(C)(=O)=O)[C@H](C)C(C)CN=[N+]=[N-]. The van der Waals surface area contributed by atoms with E-state index < -0.39 is 10.1 Å². The standard InChI is InChI=1S/C9H19N3O3S/c1-5-9(15-16(4,13)14)8(3)7(2)6-11-12-10/h7-9H,5-6H2,1-4H3/t7?,8-,9-/m1/s1. The van der Waals surface area contributed by atoms with Crippen LogP contribution >= 0.6 is 0 Å². The van der Waals surface area contributed by atoms with Crippen LogP contribution in [0, 0.1) is 11.8 Å². The zero-order valence-electron chi connectivity index (χ0n) is 10.1. The highest BCUT2D eigenvalue weighted by atomic mass is 32.2. The summed E-state index contributed by atoms with van der Waals surface area (Å²) >= 11 is 0. The molecule has 0 saturated heterocycles. The molecule has 6 nitrogen and oxygen atoms in total. The first kappa shape index (κ1) is 15.2. The molecular formula is C9H19N3O3S. The van der Waals surface area contributed by atoms with Crippen LogP contribution in [0.4, 0.5) is 0 Å². The zero-order valence-corrected chi connectivity index (χ0v) is 10.9. The third-order valence-corrected chi connectivity index (χ3v) is 3.21. The van der Waals surface area contributed by atoms with Gasteiger partial charge < -0.3 is 0 Å². The summed E-state index contributed by atoms with van der Waals surface area (Å²) in [6, 6.07) is 0. The Hall–Kier alpha value is -0.780. The Bertz CT molecular complexity index is 349. The minimum absolute atomic E-state index is 0.0187. The molecule has 0 rings (SSSR count). The molecule has 0 radical (unpaired) electrons. The fraction of sp³-hybridized carbons (Fsp3) is 1.00. The molecule has 94 valence electrons. The van der Waals surface area contributed by atoms with Gasteiger partial charge in [0.25, 0.3) is 10.1 Å². The van der Waals surface area contributed by atoms with Gasteiger partial charge in [-0.25, -0.2) is 0 Å². The Morgan fingerprint density at radius 2 is 2.00 bits per heavy atom. The van der Waals surface area contributed by atoms with Gasteiger partial charge in [0.2, 0.25) is 0 Å². The van der Waals surface area contributed by atoms with E-state index in [2.05, 4.69) is 10.0 Å². The zero-order chi connectivity index (χ0) is 12.8. The van der Waals surface area contributed by atoms with Gasteiger partial charge >= 0.3 is 0 Å². The van der Waals surface area contributed by atoms with Crippen molar-refractivity contribution in [3.8, 4) is 0 Å². The van der Waals surface area contributed by atoms with Crippen LogP contribution in [0.15, 0.2) is 5.11 Å². The first-order valence-electron chi connectivity index (χ1n) is 5.21. The van der Waals surface area contributed by atoms with E-state index in [1.54, 1.807) is 0 Å². The smallest absolute Gasteiger partial charge is 0.264 e. The fourth-order valence-electron chi connectivity index (χ4n) is 1.45. The van der Waals surface area contributed by atoms with Crippen molar-refractivity contribution in [1.29, 1.82) is 0 Å². The maximum Gasteiger partial charge on any atom is 0.264 e. The van der Waals surface area contributed by atoms with Crippen molar-refractivity contribution >= 4 is 10.1 Å². The molecular weight excluding hydrogens is 230 g/mol. The molecule has 0 amide bonds. The van der Waals surface area contributed by atoms with Crippen LogP contribution < -0.4 is 0 Å². The molecule has 0 aliphatic rings. The average molecular weight is 249 g/mol. The average Bonchev–Trinajstić information content (AvgIpc) is 2.20. The van der Waals surface area contributed by atoms with Crippen LogP contribution in [0.25, 0.3) is 10.4 Å². The van der Waals surface area contributed by atoms with E-state index in [4.69, 9.17) is 9.71 Å². The van der Waals surface area contributed by atoms with Crippen molar-refractivity contribution < 1.29 is 12.6 Å². The number of azide groups is 1. The summed E-state index contributed by atoms with van der Waals surface area (Å²) in [5.41, 5.74) is 8.21. The summed E-state index contributed by atoms with van der Waals surface area (Å²) in [4.78, 5) is 2.68. The first-order chi connectivity index (χ1) is 7.31. The lowest BCUT2D eigenvalue weighted by Gasteiger charge is -2.26. The quantitative estimate of drug-likeness (QED) is 0.300. The Labute approximate surface area is 96.7 Å². The second-order valence-electron chi connectivity index (χ2n) is 4.00. The maximum absolute atomic E-state index is 11.0. The largest absolute Gasteiger partial charge is 0.267 e. The maximum atomic E-state index is 11.0. The third kappa shape index (κ3) is 5.95. The second kappa shape index (κ2) is 6.73. The molecule has 0 saturated carbocycles. The summed E-state index contributed by atoms with van der Waals surface area (Å²) in [6.45, 7) is 6.03. The van der Waals surface area contributed by atoms with E-state index in [1.165, 1.54) is 0 Å². The lowest BCUT2D eigenvalue weighted by Crippen LogP contribution is -2.29. The van der Waals surface area contributed by atoms with Gasteiger partial charge in [0, 0.05) is 11.5 Å². The molecule has 1 unspecified atom stereocenters. The van der Waals surface area contributed by atoms with E-state index in [0.29, 0.717) is 13.0 Å². The molecule has 0 aromatic carbocycles. The molecule has 0 aliphatic heterocycles. The first-order valence-corrected chi connectivity index (χ1v) is 7.02. The molecule has 0 heterocycles. The van der Waals surface area contributed by atoms with E-state index in [1.807, 2.05) is 20.8 Å². The Balaban J connectivity index is 4.51. The Morgan fingerprint density at radius 1 is 1.44 bits per heavy atom. The van der Waals surface area contributed by atoms with Gasteiger partial charge in [-0.3, -0.25) is 4.18 Å². The minimum atomic E-state index is -3.44. The van der Waals surface area contributed by atoms with Gasteiger partial charge in [-0.1, -0.05) is 25.9 Å². The molecule has 0 fully saturated rings. The van der Waals surface area contributed by atoms with E-state index in [9.17, 15) is 8.42 Å². The van der Waals surface area contributed by atoms with Gasteiger partial charge in [0.05, 0.1) is 12.4 Å². The molecule has 0 spiro atoms. The van der Waals surface area contributed by atoms with Crippen LogP contribution in [0.2, 0.25) is 0 Å². The van der Waals surface area contributed by atoms with E-state index >= 15 is 0 Å². The molecule has 0 N–H and O–H groups in total. The summed E-state index contributed by atoms with van der Waals surface area (Å²) < 4.78 is 27.1. The summed E-state index contributed by atoms with van der Waals surface area (Å²) in [6.07, 6.45) is 1.29. The van der Waals surface area contributed by atoms with Crippen LogP contribution in [0.3, 0.4) is 0 Å². The molecule has 3 atom stereocenters. The predicted octanol–water partition coefficient (Wildman–Crippen LogP) is 2.32. The molecule has 7 heteroatoms. The Kier molecular flexibility index (Phi) is 6.40. The summed E-state index contributed by atoms with van der Waals surface area (Å²) in [5.74, 6) is 0.104. The Morgan fingerprint density at radius 3 is 2.38 bits per heavy atom. The van der Waals surface area contributed by atoms with Crippen LogP contribution in [0.5, 0.6) is 0 Å². The number of nitrogens with zero attached hydrogens (tertiary/aromatic N) is 3. The van der Waals surface area contributed by atoms with Crippen LogP contribution in [-0.4, -0.2) is 27.3 Å². The topological polar surface area (TPSA) is 92.1 Å². The van der Waals surface area contributed by atoms with Crippen LogP contribution in [0.1, 0.15) is 27.2 Å². The van der Waals surface area contributed by atoms with Crippen molar-refractivity contribution in [1.82, 2.24) is 0 Å². The number of rotatable bonds is 7. The van der Waals surface area contributed by atoms with Crippen molar-refractivity contribution in [2.24, 2.45) is 17.0 Å². The summed E-state index contributed by atoms with van der Waals surface area (Å²) in [5, 5.41) is 3.48. The van der Waals surface area contributed by atoms with Gasteiger partial charge in [-0.15, -0.1) is 0 Å². The van der Waals surface area contributed by atoms with Gasteiger partial charge in [-0.2, -0.15) is 8.42 Å². The highest BCUT2D eigenvalue weighted by Gasteiger charge is 2.24. The van der Waals surface area contributed by atoms with Crippen molar-refractivity contribution in [2.45, 2.75) is 33.3 Å². The third-order valence-electron chi connectivity index (χ3n) is 2.62. The van der Waals surface area contributed by atoms with Crippen molar-refractivity contribution in [3.63, 3.8) is 0 Å².